The van der Waals surface area contributed by atoms with Crippen LogP contribution >= 0.6 is 0 Å². The van der Waals surface area contributed by atoms with Gasteiger partial charge in [0.05, 0.1) is 0 Å². The monoisotopic (exact) mass is 219 g/mol. The third-order valence-electron chi connectivity index (χ3n) is 3.23. The molecule has 0 aliphatic carbocycles. The SMILES string of the molecule is Cc1cccc(C)c1CC(N)CCC(C)C. The Bertz CT molecular complexity index is 308. The fourth-order valence-electron chi connectivity index (χ4n) is 2.08. The average molecular weight is 219 g/mol. The summed E-state index contributed by atoms with van der Waals surface area (Å²) in [5.74, 6) is 0.754. The van der Waals surface area contributed by atoms with Gasteiger partial charge in [0, 0.05) is 6.04 Å². The van der Waals surface area contributed by atoms with Gasteiger partial charge in [0.1, 0.15) is 0 Å². The van der Waals surface area contributed by atoms with Crippen molar-refractivity contribution in [3.8, 4) is 0 Å². The molecule has 2 N–H and O–H groups in total. The minimum absolute atomic E-state index is 0.308. The maximum Gasteiger partial charge on any atom is 0.00796 e. The van der Waals surface area contributed by atoms with Crippen LogP contribution in [0.25, 0.3) is 0 Å². The van der Waals surface area contributed by atoms with Crippen LogP contribution in [0, 0.1) is 19.8 Å². The highest BCUT2D eigenvalue weighted by Crippen LogP contribution is 2.17. The minimum Gasteiger partial charge on any atom is -0.327 e. The van der Waals surface area contributed by atoms with E-state index in [0.29, 0.717) is 6.04 Å². The molecule has 1 atom stereocenters. The molecule has 1 rings (SSSR count). The molecule has 0 saturated carbocycles. The van der Waals surface area contributed by atoms with Gasteiger partial charge in [-0.2, -0.15) is 0 Å². The molecule has 0 aromatic heterocycles. The van der Waals surface area contributed by atoms with Crippen molar-refractivity contribution >= 4 is 0 Å². The van der Waals surface area contributed by atoms with Crippen LogP contribution in [0.5, 0.6) is 0 Å². The lowest BCUT2D eigenvalue weighted by Crippen LogP contribution is -2.24. The van der Waals surface area contributed by atoms with Crippen LogP contribution in [-0.4, -0.2) is 6.04 Å². The van der Waals surface area contributed by atoms with Gasteiger partial charge in [0.15, 0.2) is 0 Å². The maximum absolute atomic E-state index is 6.19. The lowest BCUT2D eigenvalue weighted by Gasteiger charge is -2.16. The van der Waals surface area contributed by atoms with Gasteiger partial charge in [0.2, 0.25) is 0 Å². The van der Waals surface area contributed by atoms with E-state index >= 15 is 0 Å². The van der Waals surface area contributed by atoms with Crippen molar-refractivity contribution in [2.24, 2.45) is 11.7 Å². The minimum atomic E-state index is 0.308. The summed E-state index contributed by atoms with van der Waals surface area (Å²) < 4.78 is 0. The predicted molar refractivity (Wildman–Crippen MR) is 71.7 cm³/mol. The first-order valence-corrected chi connectivity index (χ1v) is 6.31. The normalized spacial score (nSPS) is 13.1. The number of hydrogen-bond donors (Lipinski definition) is 1. The highest BCUT2D eigenvalue weighted by molar-refractivity contribution is 5.34. The highest BCUT2D eigenvalue weighted by Gasteiger charge is 2.09. The smallest absolute Gasteiger partial charge is 0.00796 e. The summed E-state index contributed by atoms with van der Waals surface area (Å²) in [5, 5.41) is 0. The Hall–Kier alpha value is -0.820. The number of benzene rings is 1. The second kappa shape index (κ2) is 6.05. The van der Waals surface area contributed by atoms with E-state index in [1.54, 1.807) is 0 Å². The van der Waals surface area contributed by atoms with E-state index < -0.39 is 0 Å². The first-order valence-electron chi connectivity index (χ1n) is 6.31. The molecule has 0 aliphatic heterocycles. The topological polar surface area (TPSA) is 26.0 Å². The van der Waals surface area contributed by atoms with Gasteiger partial charge >= 0.3 is 0 Å². The first-order chi connectivity index (χ1) is 7.50. The zero-order valence-electron chi connectivity index (χ0n) is 11.1. The van der Waals surface area contributed by atoms with E-state index in [1.807, 2.05) is 0 Å². The Morgan fingerprint density at radius 1 is 1.06 bits per heavy atom. The zero-order valence-corrected chi connectivity index (χ0v) is 11.1. The quantitative estimate of drug-likeness (QED) is 0.804. The van der Waals surface area contributed by atoms with Crippen molar-refractivity contribution in [1.29, 1.82) is 0 Å². The second-order valence-electron chi connectivity index (χ2n) is 5.31. The number of aryl methyl sites for hydroxylation is 2. The Kier molecular flexibility index (Phi) is 5.01. The van der Waals surface area contributed by atoms with Crippen molar-refractivity contribution in [1.82, 2.24) is 0 Å². The Balaban J connectivity index is 2.59. The van der Waals surface area contributed by atoms with Gasteiger partial charge in [-0.15, -0.1) is 0 Å². The van der Waals surface area contributed by atoms with E-state index in [0.717, 1.165) is 18.8 Å². The molecule has 0 bridgehead atoms. The fourth-order valence-corrected chi connectivity index (χ4v) is 2.08. The van der Waals surface area contributed by atoms with Crippen LogP contribution in [0.3, 0.4) is 0 Å². The number of rotatable bonds is 5. The molecule has 1 nitrogen and oxygen atoms in total. The van der Waals surface area contributed by atoms with Crippen LogP contribution in [0.4, 0.5) is 0 Å². The molecular formula is C15H25N. The molecule has 1 heteroatoms. The lowest BCUT2D eigenvalue weighted by molar-refractivity contribution is 0.494. The van der Waals surface area contributed by atoms with Gasteiger partial charge in [0.25, 0.3) is 0 Å². The summed E-state index contributed by atoms with van der Waals surface area (Å²) >= 11 is 0. The lowest BCUT2D eigenvalue weighted by atomic mass is 9.93. The maximum atomic E-state index is 6.19. The van der Waals surface area contributed by atoms with Crippen LogP contribution in [0.1, 0.15) is 43.4 Å². The summed E-state index contributed by atoms with van der Waals surface area (Å²) in [4.78, 5) is 0. The second-order valence-corrected chi connectivity index (χ2v) is 5.31. The molecule has 0 fully saturated rings. The number of nitrogens with two attached hydrogens (primary N) is 1. The van der Waals surface area contributed by atoms with Crippen molar-refractivity contribution in [3.05, 3.63) is 34.9 Å². The summed E-state index contributed by atoms with van der Waals surface area (Å²) in [7, 11) is 0. The molecule has 0 saturated heterocycles. The van der Waals surface area contributed by atoms with E-state index in [1.165, 1.54) is 23.1 Å². The van der Waals surface area contributed by atoms with E-state index in [9.17, 15) is 0 Å². The van der Waals surface area contributed by atoms with Crippen molar-refractivity contribution in [3.63, 3.8) is 0 Å². The Morgan fingerprint density at radius 2 is 1.62 bits per heavy atom. The third kappa shape index (κ3) is 3.97. The third-order valence-corrected chi connectivity index (χ3v) is 3.23. The van der Waals surface area contributed by atoms with Crippen molar-refractivity contribution < 1.29 is 0 Å². The molecular weight excluding hydrogens is 194 g/mol. The van der Waals surface area contributed by atoms with Gasteiger partial charge in [-0.05, 0) is 55.7 Å². The van der Waals surface area contributed by atoms with Gasteiger partial charge in [-0.1, -0.05) is 32.0 Å². The standard InChI is InChI=1S/C15H25N/c1-11(2)8-9-14(16)10-15-12(3)6-5-7-13(15)4/h5-7,11,14H,8-10,16H2,1-4H3. The molecule has 0 amide bonds. The molecule has 0 heterocycles. The molecule has 0 spiro atoms. The Labute approximate surface area is 100 Å². The summed E-state index contributed by atoms with van der Waals surface area (Å²) in [6, 6.07) is 6.78. The number of hydrogen-bond acceptors (Lipinski definition) is 1. The zero-order chi connectivity index (χ0) is 12.1. The van der Waals surface area contributed by atoms with Gasteiger partial charge in [-0.25, -0.2) is 0 Å². The van der Waals surface area contributed by atoms with Crippen LogP contribution < -0.4 is 5.73 Å². The largest absolute Gasteiger partial charge is 0.327 e. The van der Waals surface area contributed by atoms with Gasteiger partial charge in [-0.3, -0.25) is 0 Å². The Morgan fingerprint density at radius 3 is 2.12 bits per heavy atom. The van der Waals surface area contributed by atoms with E-state index in [2.05, 4.69) is 45.9 Å². The first kappa shape index (κ1) is 13.2. The average Bonchev–Trinajstić information content (AvgIpc) is 2.21. The molecule has 16 heavy (non-hydrogen) atoms. The predicted octanol–water partition coefficient (Wildman–Crippen LogP) is 3.61. The molecule has 1 aromatic carbocycles. The van der Waals surface area contributed by atoms with Gasteiger partial charge < -0.3 is 5.73 Å². The fraction of sp³-hybridized carbons (Fsp3) is 0.600. The van der Waals surface area contributed by atoms with Crippen LogP contribution in [0.2, 0.25) is 0 Å². The molecule has 0 radical (unpaired) electrons. The summed E-state index contributed by atoms with van der Waals surface area (Å²) in [5.41, 5.74) is 10.4. The van der Waals surface area contributed by atoms with Crippen LogP contribution in [0.15, 0.2) is 18.2 Å². The molecule has 0 aliphatic rings. The summed E-state index contributed by atoms with van der Waals surface area (Å²) in [6.07, 6.45) is 3.38. The van der Waals surface area contributed by atoms with Crippen molar-refractivity contribution in [2.45, 2.75) is 53.0 Å². The summed E-state index contributed by atoms with van der Waals surface area (Å²) in [6.45, 7) is 8.87. The van der Waals surface area contributed by atoms with E-state index in [4.69, 9.17) is 5.73 Å². The van der Waals surface area contributed by atoms with Crippen LogP contribution in [-0.2, 0) is 6.42 Å². The van der Waals surface area contributed by atoms with E-state index in [-0.39, 0.29) is 0 Å². The highest BCUT2D eigenvalue weighted by atomic mass is 14.6. The molecule has 90 valence electrons. The molecule has 1 unspecified atom stereocenters. The molecule has 1 aromatic rings. The van der Waals surface area contributed by atoms with Crippen molar-refractivity contribution in [2.75, 3.05) is 0 Å².